The summed E-state index contributed by atoms with van der Waals surface area (Å²) in [5.74, 6) is 1.18. The molecule has 130 valence electrons. The maximum atomic E-state index is 11.5. The zero-order valence-electron chi connectivity index (χ0n) is 13.5. The first kappa shape index (κ1) is 21.4. The number of guanidine groups is 1. The van der Waals surface area contributed by atoms with Crippen LogP contribution in [0.4, 0.5) is 0 Å². The van der Waals surface area contributed by atoms with Crippen molar-refractivity contribution in [1.82, 2.24) is 16.0 Å². The van der Waals surface area contributed by atoms with Crippen LogP contribution in [-0.2, 0) is 14.3 Å². The standard InChI is InChI=1S/C14H28N4O3.HI/c1-3-15-14(18-8-9-21-11-10-20-2)17-7-6-16-13(19)12-4-5-12;/h12H,3-11H2,1-2H3,(H,16,19)(H2,15,17,18);1H. The molecule has 0 radical (unpaired) electrons. The average Bonchev–Trinajstić information content (AvgIpc) is 3.31. The van der Waals surface area contributed by atoms with E-state index in [2.05, 4.69) is 20.9 Å². The zero-order valence-corrected chi connectivity index (χ0v) is 15.9. The van der Waals surface area contributed by atoms with Gasteiger partial charge in [0.2, 0.25) is 5.91 Å². The van der Waals surface area contributed by atoms with Crippen LogP contribution >= 0.6 is 24.0 Å². The van der Waals surface area contributed by atoms with Crippen LogP contribution in [0.5, 0.6) is 0 Å². The van der Waals surface area contributed by atoms with E-state index in [4.69, 9.17) is 9.47 Å². The van der Waals surface area contributed by atoms with Crippen molar-refractivity contribution < 1.29 is 14.3 Å². The maximum Gasteiger partial charge on any atom is 0.223 e. The number of amides is 1. The van der Waals surface area contributed by atoms with Crippen molar-refractivity contribution in [2.75, 3.05) is 53.1 Å². The zero-order chi connectivity index (χ0) is 15.3. The second-order valence-corrected chi connectivity index (χ2v) is 4.86. The molecule has 1 fully saturated rings. The summed E-state index contributed by atoms with van der Waals surface area (Å²) >= 11 is 0. The minimum absolute atomic E-state index is 0. The second-order valence-electron chi connectivity index (χ2n) is 4.86. The Morgan fingerprint density at radius 3 is 2.50 bits per heavy atom. The van der Waals surface area contributed by atoms with E-state index < -0.39 is 0 Å². The molecule has 0 heterocycles. The van der Waals surface area contributed by atoms with Gasteiger partial charge in [-0.15, -0.1) is 24.0 Å². The number of nitrogens with one attached hydrogen (secondary N) is 3. The van der Waals surface area contributed by atoms with E-state index in [0.29, 0.717) is 39.5 Å². The van der Waals surface area contributed by atoms with Gasteiger partial charge >= 0.3 is 0 Å². The van der Waals surface area contributed by atoms with Crippen LogP contribution in [-0.4, -0.2) is 65.0 Å². The molecule has 1 saturated carbocycles. The molecule has 22 heavy (non-hydrogen) atoms. The average molecular weight is 428 g/mol. The lowest BCUT2D eigenvalue weighted by Gasteiger charge is -2.11. The smallest absolute Gasteiger partial charge is 0.223 e. The van der Waals surface area contributed by atoms with Gasteiger partial charge in [-0.2, -0.15) is 0 Å². The summed E-state index contributed by atoms with van der Waals surface area (Å²) in [5.41, 5.74) is 0. The van der Waals surface area contributed by atoms with Crippen molar-refractivity contribution in [3.8, 4) is 0 Å². The number of ether oxygens (including phenoxy) is 2. The SMILES string of the molecule is CCNC(=NCCOCCOC)NCCNC(=O)C1CC1.I. The number of halogens is 1. The van der Waals surface area contributed by atoms with Crippen molar-refractivity contribution in [1.29, 1.82) is 0 Å². The van der Waals surface area contributed by atoms with E-state index in [-0.39, 0.29) is 35.8 Å². The van der Waals surface area contributed by atoms with Gasteiger partial charge < -0.3 is 25.4 Å². The molecule has 0 aromatic rings. The Bertz CT molecular complexity index is 325. The minimum Gasteiger partial charge on any atom is -0.382 e. The summed E-state index contributed by atoms with van der Waals surface area (Å²) in [6.07, 6.45) is 2.07. The molecule has 1 amide bonds. The van der Waals surface area contributed by atoms with E-state index in [1.807, 2.05) is 6.92 Å². The Morgan fingerprint density at radius 2 is 1.86 bits per heavy atom. The molecule has 8 heteroatoms. The van der Waals surface area contributed by atoms with Gasteiger partial charge in [0.1, 0.15) is 0 Å². The van der Waals surface area contributed by atoms with Gasteiger partial charge in [0, 0.05) is 32.7 Å². The topological polar surface area (TPSA) is 84.0 Å². The summed E-state index contributed by atoms with van der Waals surface area (Å²) < 4.78 is 10.2. The van der Waals surface area contributed by atoms with Gasteiger partial charge in [0.05, 0.1) is 26.4 Å². The highest BCUT2D eigenvalue weighted by Gasteiger charge is 2.28. The molecule has 1 aliphatic rings. The van der Waals surface area contributed by atoms with Crippen LogP contribution < -0.4 is 16.0 Å². The predicted molar refractivity (Wildman–Crippen MR) is 97.8 cm³/mol. The number of hydrogen-bond donors (Lipinski definition) is 3. The number of aliphatic imine (C=N–C) groups is 1. The van der Waals surface area contributed by atoms with Crippen LogP contribution in [0.3, 0.4) is 0 Å². The molecule has 0 aromatic carbocycles. The molecule has 0 bridgehead atoms. The van der Waals surface area contributed by atoms with Gasteiger partial charge in [0.25, 0.3) is 0 Å². The van der Waals surface area contributed by atoms with Crippen molar-refractivity contribution in [2.45, 2.75) is 19.8 Å². The van der Waals surface area contributed by atoms with Crippen molar-refractivity contribution in [2.24, 2.45) is 10.9 Å². The fraction of sp³-hybridized carbons (Fsp3) is 0.857. The predicted octanol–water partition coefficient (Wildman–Crippen LogP) is 0.349. The Balaban J connectivity index is 0.00000441. The highest BCUT2D eigenvalue weighted by Crippen LogP contribution is 2.28. The summed E-state index contributed by atoms with van der Waals surface area (Å²) in [4.78, 5) is 15.9. The van der Waals surface area contributed by atoms with Crippen LogP contribution in [0, 0.1) is 5.92 Å². The lowest BCUT2D eigenvalue weighted by Crippen LogP contribution is -2.42. The summed E-state index contributed by atoms with van der Waals surface area (Å²) in [6.45, 7) is 6.43. The Morgan fingerprint density at radius 1 is 1.14 bits per heavy atom. The Hall–Kier alpha value is -0.610. The first-order valence-electron chi connectivity index (χ1n) is 7.64. The summed E-state index contributed by atoms with van der Waals surface area (Å²) in [7, 11) is 1.65. The van der Waals surface area contributed by atoms with Crippen molar-refractivity contribution in [3.05, 3.63) is 0 Å². The molecule has 7 nitrogen and oxygen atoms in total. The van der Waals surface area contributed by atoms with E-state index in [1.54, 1.807) is 7.11 Å². The third-order valence-electron chi connectivity index (χ3n) is 2.95. The van der Waals surface area contributed by atoms with E-state index in [0.717, 1.165) is 25.3 Å². The summed E-state index contributed by atoms with van der Waals surface area (Å²) in [6, 6.07) is 0. The lowest BCUT2D eigenvalue weighted by molar-refractivity contribution is -0.122. The first-order valence-corrected chi connectivity index (χ1v) is 7.64. The molecular formula is C14H29IN4O3. The minimum atomic E-state index is 0. The van der Waals surface area contributed by atoms with Gasteiger partial charge in [-0.05, 0) is 19.8 Å². The number of hydrogen-bond acceptors (Lipinski definition) is 4. The number of nitrogens with zero attached hydrogens (tertiary/aromatic N) is 1. The van der Waals surface area contributed by atoms with E-state index in [1.165, 1.54) is 0 Å². The van der Waals surface area contributed by atoms with Crippen LogP contribution in [0.15, 0.2) is 4.99 Å². The number of carbonyl (C=O) groups excluding carboxylic acids is 1. The van der Waals surface area contributed by atoms with Gasteiger partial charge in [-0.25, -0.2) is 0 Å². The third-order valence-corrected chi connectivity index (χ3v) is 2.95. The molecule has 0 spiro atoms. The largest absolute Gasteiger partial charge is 0.382 e. The van der Waals surface area contributed by atoms with Gasteiger partial charge in [-0.3, -0.25) is 9.79 Å². The molecule has 0 aromatic heterocycles. The Labute approximate surface area is 150 Å². The fourth-order valence-corrected chi connectivity index (χ4v) is 1.66. The normalized spacial score (nSPS) is 14.2. The molecular weight excluding hydrogens is 399 g/mol. The monoisotopic (exact) mass is 428 g/mol. The Kier molecular flexibility index (Phi) is 13.6. The molecule has 1 aliphatic carbocycles. The molecule has 0 aliphatic heterocycles. The molecule has 0 atom stereocenters. The van der Waals surface area contributed by atoms with Crippen LogP contribution in [0.25, 0.3) is 0 Å². The van der Waals surface area contributed by atoms with Crippen LogP contribution in [0.2, 0.25) is 0 Å². The van der Waals surface area contributed by atoms with E-state index >= 15 is 0 Å². The van der Waals surface area contributed by atoms with Crippen molar-refractivity contribution >= 4 is 35.8 Å². The molecule has 0 unspecified atom stereocenters. The third kappa shape index (κ3) is 11.0. The number of carbonyl (C=O) groups is 1. The number of methoxy groups -OCH3 is 1. The molecule has 0 saturated heterocycles. The lowest BCUT2D eigenvalue weighted by atomic mass is 10.4. The van der Waals surface area contributed by atoms with Crippen molar-refractivity contribution in [3.63, 3.8) is 0 Å². The van der Waals surface area contributed by atoms with E-state index in [9.17, 15) is 4.79 Å². The molecule has 3 N–H and O–H groups in total. The maximum absolute atomic E-state index is 11.5. The number of rotatable bonds is 11. The summed E-state index contributed by atoms with van der Waals surface area (Å²) in [5, 5.41) is 9.24. The van der Waals surface area contributed by atoms with Gasteiger partial charge in [-0.1, -0.05) is 0 Å². The highest BCUT2D eigenvalue weighted by atomic mass is 127. The second kappa shape index (κ2) is 14.0. The highest BCUT2D eigenvalue weighted by molar-refractivity contribution is 14.0. The van der Waals surface area contributed by atoms with Crippen LogP contribution in [0.1, 0.15) is 19.8 Å². The fourth-order valence-electron chi connectivity index (χ4n) is 1.66. The first-order chi connectivity index (χ1) is 10.3. The molecule has 1 rings (SSSR count). The quantitative estimate of drug-likeness (QED) is 0.192. The van der Waals surface area contributed by atoms with Gasteiger partial charge in [0.15, 0.2) is 5.96 Å².